The molecule has 0 aliphatic rings. The molecular weight excluding hydrogens is 398 g/mol. The summed E-state index contributed by atoms with van der Waals surface area (Å²) in [6.45, 7) is 2.04. The summed E-state index contributed by atoms with van der Waals surface area (Å²) in [5.74, 6) is 0.441. The highest BCUT2D eigenvalue weighted by Gasteiger charge is 2.15. The number of nitrogens with zero attached hydrogens (tertiary/aromatic N) is 4. The van der Waals surface area contributed by atoms with Crippen LogP contribution in [0.3, 0.4) is 0 Å². The molecule has 0 unspecified atom stereocenters. The number of benzene rings is 1. The lowest BCUT2D eigenvalue weighted by atomic mass is 10.1. The van der Waals surface area contributed by atoms with Crippen LogP contribution in [0, 0.1) is 17.0 Å². The van der Waals surface area contributed by atoms with Gasteiger partial charge in [-0.3, -0.25) is 14.9 Å². The number of carbonyl (C=O) groups is 1. The largest absolute Gasteiger partial charge is 0.352 e. The first-order valence-corrected chi connectivity index (χ1v) is 10.2. The molecule has 10 heteroatoms. The van der Waals surface area contributed by atoms with Crippen molar-refractivity contribution in [3.8, 4) is 10.7 Å². The molecule has 8 nitrogen and oxygen atoms in total. The number of carbonyl (C=O) groups excluding carboxylic acids is 1. The molecule has 1 amide bonds. The third kappa shape index (κ3) is 3.51. The zero-order chi connectivity index (χ0) is 19.7. The summed E-state index contributed by atoms with van der Waals surface area (Å²) >= 11 is 3.10. The standard InChI is InChI=1S/C18H15N5O3S2/c1-11-9-12(4-5-14(11)23(25)26)17(24)19-7-6-13-10-28-18-20-16(21-22(13)18)15-3-2-8-27-15/h2-5,8-10H,6-7H2,1H3,(H,19,24). The molecule has 0 radical (unpaired) electrons. The average molecular weight is 413 g/mol. The minimum absolute atomic E-state index is 0.00458. The quantitative estimate of drug-likeness (QED) is 0.383. The maximum atomic E-state index is 12.3. The van der Waals surface area contributed by atoms with Crippen LogP contribution in [0.2, 0.25) is 0 Å². The molecule has 28 heavy (non-hydrogen) atoms. The monoisotopic (exact) mass is 413 g/mol. The number of aryl methyl sites for hydroxylation is 1. The molecule has 142 valence electrons. The van der Waals surface area contributed by atoms with Crippen molar-refractivity contribution in [3.63, 3.8) is 0 Å². The smallest absolute Gasteiger partial charge is 0.272 e. The third-order valence-corrected chi connectivity index (χ3v) is 5.94. The SMILES string of the molecule is Cc1cc(C(=O)NCCc2csc3nc(-c4cccs4)nn23)ccc1[N+](=O)[O-]. The van der Waals surface area contributed by atoms with E-state index in [-0.39, 0.29) is 11.6 Å². The van der Waals surface area contributed by atoms with Gasteiger partial charge in [-0.05, 0) is 30.5 Å². The topological polar surface area (TPSA) is 102 Å². The van der Waals surface area contributed by atoms with Crippen LogP contribution in [0.4, 0.5) is 5.69 Å². The molecule has 0 aliphatic heterocycles. The van der Waals surface area contributed by atoms with Crippen molar-refractivity contribution in [2.75, 3.05) is 6.54 Å². The molecule has 1 aromatic carbocycles. The number of nitro benzene ring substituents is 1. The van der Waals surface area contributed by atoms with E-state index in [9.17, 15) is 14.9 Å². The molecule has 3 heterocycles. The van der Waals surface area contributed by atoms with Crippen molar-refractivity contribution in [2.24, 2.45) is 0 Å². The fourth-order valence-electron chi connectivity index (χ4n) is 2.81. The van der Waals surface area contributed by atoms with Gasteiger partial charge in [0.25, 0.3) is 11.6 Å². The lowest BCUT2D eigenvalue weighted by Crippen LogP contribution is -2.26. The Balaban J connectivity index is 1.42. The first-order chi connectivity index (χ1) is 13.5. The molecule has 0 fully saturated rings. The number of nitro groups is 1. The van der Waals surface area contributed by atoms with E-state index in [0.717, 1.165) is 15.5 Å². The molecule has 0 saturated heterocycles. The van der Waals surface area contributed by atoms with Crippen molar-refractivity contribution >= 4 is 39.2 Å². The highest BCUT2D eigenvalue weighted by molar-refractivity contribution is 7.15. The second kappa shape index (κ2) is 7.49. The van der Waals surface area contributed by atoms with E-state index in [1.807, 2.05) is 27.4 Å². The lowest BCUT2D eigenvalue weighted by molar-refractivity contribution is -0.385. The van der Waals surface area contributed by atoms with Gasteiger partial charge in [0.2, 0.25) is 4.96 Å². The molecule has 0 atom stereocenters. The van der Waals surface area contributed by atoms with Crippen LogP contribution >= 0.6 is 22.7 Å². The van der Waals surface area contributed by atoms with Crippen LogP contribution in [-0.2, 0) is 6.42 Å². The van der Waals surface area contributed by atoms with Gasteiger partial charge in [-0.15, -0.1) is 27.8 Å². The molecule has 4 rings (SSSR count). The number of hydrogen-bond donors (Lipinski definition) is 1. The van der Waals surface area contributed by atoms with E-state index >= 15 is 0 Å². The molecule has 1 N–H and O–H groups in total. The summed E-state index contributed by atoms with van der Waals surface area (Å²) in [6, 6.07) is 8.30. The van der Waals surface area contributed by atoms with Crippen molar-refractivity contribution in [2.45, 2.75) is 13.3 Å². The van der Waals surface area contributed by atoms with Crippen molar-refractivity contribution in [1.29, 1.82) is 0 Å². The lowest BCUT2D eigenvalue weighted by Gasteiger charge is -2.06. The fraction of sp³-hybridized carbons (Fsp3) is 0.167. The third-order valence-electron chi connectivity index (χ3n) is 4.21. The Labute approximate surface area is 167 Å². The maximum absolute atomic E-state index is 12.3. The maximum Gasteiger partial charge on any atom is 0.272 e. The van der Waals surface area contributed by atoms with Gasteiger partial charge in [0.15, 0.2) is 5.82 Å². The van der Waals surface area contributed by atoms with E-state index in [1.54, 1.807) is 18.3 Å². The zero-order valence-corrected chi connectivity index (χ0v) is 16.4. The second-order valence-electron chi connectivity index (χ2n) is 6.10. The number of hydrogen-bond acceptors (Lipinski definition) is 7. The van der Waals surface area contributed by atoms with E-state index in [1.165, 1.54) is 29.5 Å². The Kier molecular flexibility index (Phi) is 4.88. The van der Waals surface area contributed by atoms with Crippen LogP contribution in [0.1, 0.15) is 21.6 Å². The molecule has 0 saturated carbocycles. The van der Waals surface area contributed by atoms with Crippen LogP contribution in [-0.4, -0.2) is 32.0 Å². The van der Waals surface area contributed by atoms with Crippen LogP contribution in [0.5, 0.6) is 0 Å². The van der Waals surface area contributed by atoms with Crippen molar-refractivity contribution in [1.82, 2.24) is 19.9 Å². The number of nitrogens with one attached hydrogen (secondary N) is 1. The number of fused-ring (bicyclic) bond motifs is 1. The minimum Gasteiger partial charge on any atom is -0.352 e. The van der Waals surface area contributed by atoms with E-state index < -0.39 is 4.92 Å². The number of thiazole rings is 1. The van der Waals surface area contributed by atoms with Crippen molar-refractivity contribution < 1.29 is 9.72 Å². The molecule has 0 aliphatic carbocycles. The molecule has 0 spiro atoms. The van der Waals surface area contributed by atoms with Gasteiger partial charge in [-0.1, -0.05) is 6.07 Å². The van der Waals surface area contributed by atoms with Gasteiger partial charge in [0.05, 0.1) is 15.5 Å². The van der Waals surface area contributed by atoms with Gasteiger partial charge in [0.1, 0.15) is 0 Å². The Morgan fingerprint density at radius 3 is 2.89 bits per heavy atom. The summed E-state index contributed by atoms with van der Waals surface area (Å²) in [5, 5.41) is 22.3. The second-order valence-corrected chi connectivity index (χ2v) is 7.88. The summed E-state index contributed by atoms with van der Waals surface area (Å²) in [6.07, 6.45) is 0.602. The van der Waals surface area contributed by atoms with E-state index in [4.69, 9.17) is 0 Å². The Bertz CT molecular complexity index is 1160. The highest BCUT2D eigenvalue weighted by Crippen LogP contribution is 2.24. The summed E-state index contributed by atoms with van der Waals surface area (Å²) in [7, 11) is 0. The van der Waals surface area contributed by atoms with E-state index in [2.05, 4.69) is 15.4 Å². The molecule has 0 bridgehead atoms. The molecule has 4 aromatic rings. The highest BCUT2D eigenvalue weighted by atomic mass is 32.1. The minimum atomic E-state index is -0.457. The summed E-state index contributed by atoms with van der Waals surface area (Å²) in [5.41, 5.74) is 1.83. The fourth-order valence-corrected chi connectivity index (χ4v) is 4.32. The first kappa shape index (κ1) is 18.3. The number of amides is 1. The van der Waals surface area contributed by atoms with Gasteiger partial charge in [-0.2, -0.15) is 4.98 Å². The first-order valence-electron chi connectivity index (χ1n) is 8.43. The summed E-state index contributed by atoms with van der Waals surface area (Å²) in [4.78, 5) is 29.1. The Morgan fingerprint density at radius 1 is 1.32 bits per heavy atom. The predicted octanol–water partition coefficient (Wildman–Crippen LogP) is 3.71. The van der Waals surface area contributed by atoms with Crippen LogP contribution < -0.4 is 5.32 Å². The van der Waals surface area contributed by atoms with E-state index in [0.29, 0.717) is 29.9 Å². The average Bonchev–Trinajstić information content (AvgIpc) is 3.38. The number of rotatable bonds is 6. The molecular formula is C18H15N5O3S2. The van der Waals surface area contributed by atoms with Crippen molar-refractivity contribution in [3.05, 3.63) is 68.0 Å². The Morgan fingerprint density at radius 2 is 2.18 bits per heavy atom. The number of aromatic nitrogens is 3. The number of thiophene rings is 1. The Hall–Kier alpha value is -3.11. The van der Waals surface area contributed by atoms with Crippen LogP contribution in [0.25, 0.3) is 15.7 Å². The van der Waals surface area contributed by atoms with Gasteiger partial charge >= 0.3 is 0 Å². The molecule has 3 aromatic heterocycles. The summed E-state index contributed by atoms with van der Waals surface area (Å²) < 4.78 is 1.81. The zero-order valence-electron chi connectivity index (χ0n) is 14.8. The predicted molar refractivity (Wildman–Crippen MR) is 108 cm³/mol. The van der Waals surface area contributed by atoms with Gasteiger partial charge in [0, 0.05) is 35.5 Å². The van der Waals surface area contributed by atoms with Gasteiger partial charge in [-0.25, -0.2) is 4.52 Å². The normalized spacial score (nSPS) is 11.0. The van der Waals surface area contributed by atoms with Crippen LogP contribution in [0.15, 0.2) is 41.1 Å². The van der Waals surface area contributed by atoms with Gasteiger partial charge < -0.3 is 5.32 Å².